The molecule has 7 nitrogen and oxygen atoms in total. The number of carbonyl (C=O) groups is 1. The molecule has 0 spiro atoms. The Morgan fingerprint density at radius 3 is 2.16 bits per heavy atom. The van der Waals surface area contributed by atoms with Crippen molar-refractivity contribution in [3.8, 4) is 0 Å². The molecule has 1 saturated heterocycles. The number of aromatic nitrogens is 1. The van der Waals surface area contributed by atoms with E-state index in [1.807, 2.05) is 60.7 Å². The van der Waals surface area contributed by atoms with Gasteiger partial charge in [0.1, 0.15) is 5.25 Å². The van der Waals surface area contributed by atoms with Crippen molar-refractivity contribution in [1.82, 2.24) is 14.2 Å². The predicted molar refractivity (Wildman–Crippen MR) is 126 cm³/mol. The third kappa shape index (κ3) is 4.83. The van der Waals surface area contributed by atoms with E-state index >= 15 is 0 Å². The van der Waals surface area contributed by atoms with Crippen LogP contribution in [-0.2, 0) is 14.8 Å². The summed E-state index contributed by atoms with van der Waals surface area (Å²) in [5, 5.41) is -0.418. The summed E-state index contributed by atoms with van der Waals surface area (Å²) in [6, 6.07) is 19.4. The molecule has 10 heteroatoms. The zero-order valence-electron chi connectivity index (χ0n) is 17.4. The van der Waals surface area contributed by atoms with E-state index in [-0.39, 0.29) is 23.2 Å². The molecule has 3 aromatic rings. The van der Waals surface area contributed by atoms with Gasteiger partial charge in [0.25, 0.3) is 10.0 Å². The lowest BCUT2D eigenvalue weighted by Crippen LogP contribution is -2.51. The molecule has 1 atom stereocenters. The van der Waals surface area contributed by atoms with Gasteiger partial charge in [-0.05, 0) is 24.6 Å². The van der Waals surface area contributed by atoms with Crippen molar-refractivity contribution in [3.63, 3.8) is 0 Å². The normalized spacial score (nSPS) is 16.1. The third-order valence-corrected chi connectivity index (χ3v) is 9.96. The molecule has 1 amide bonds. The second-order valence-corrected chi connectivity index (χ2v) is 11.7. The van der Waals surface area contributed by atoms with Gasteiger partial charge in [-0.1, -0.05) is 59.9 Å². The van der Waals surface area contributed by atoms with Crippen molar-refractivity contribution < 1.29 is 13.2 Å². The maximum absolute atomic E-state index is 13.5. The highest BCUT2D eigenvalue weighted by atomic mass is 32.2. The van der Waals surface area contributed by atoms with Crippen LogP contribution in [0.15, 0.2) is 74.6 Å². The summed E-state index contributed by atoms with van der Waals surface area (Å²) in [6.45, 7) is 2.56. The molecule has 0 saturated carbocycles. The summed E-state index contributed by atoms with van der Waals surface area (Å²) >= 11 is 2.19. The molecule has 0 bridgehead atoms. The van der Waals surface area contributed by atoms with Crippen LogP contribution in [0.3, 0.4) is 0 Å². The van der Waals surface area contributed by atoms with E-state index in [4.69, 9.17) is 0 Å². The number of carbonyl (C=O) groups excluding carboxylic acids is 1. The van der Waals surface area contributed by atoms with Crippen molar-refractivity contribution in [3.05, 3.63) is 81.6 Å². The summed E-state index contributed by atoms with van der Waals surface area (Å²) < 4.78 is 27.3. The van der Waals surface area contributed by atoms with E-state index in [2.05, 4.69) is 4.98 Å². The average Bonchev–Trinajstić information content (AvgIpc) is 3.17. The Balaban J connectivity index is 1.50. The quantitative estimate of drug-likeness (QED) is 0.538. The first-order valence-electron chi connectivity index (χ1n) is 10.1. The first-order chi connectivity index (χ1) is 15.4. The van der Waals surface area contributed by atoms with Crippen molar-refractivity contribution in [2.75, 3.05) is 26.2 Å². The lowest BCUT2D eigenvalue weighted by atomic mass is 10.1. The number of H-pyrrole nitrogens is 1. The highest BCUT2D eigenvalue weighted by molar-refractivity contribution is 8.00. The molecular weight excluding hydrogens is 466 g/mol. The zero-order valence-corrected chi connectivity index (χ0v) is 19.9. The minimum Gasteiger partial charge on any atom is -0.339 e. The molecule has 1 N–H and O–H groups in total. The van der Waals surface area contributed by atoms with Gasteiger partial charge in [0, 0.05) is 36.8 Å². The van der Waals surface area contributed by atoms with E-state index in [0.717, 1.165) is 10.5 Å². The predicted octanol–water partition coefficient (Wildman–Crippen LogP) is 3.11. The number of thioether (sulfide) groups is 1. The largest absolute Gasteiger partial charge is 0.339 e. The molecule has 2 heterocycles. The number of amides is 1. The minimum absolute atomic E-state index is 0.0374. The SMILES string of the molecule is Cc1[nH]c(=O)sc1S(=O)(=O)N1CCN(C(=O)C(Sc2ccccc2)c2ccccc2)CC1. The number of thiazole rings is 1. The van der Waals surface area contributed by atoms with Gasteiger partial charge in [-0.3, -0.25) is 9.59 Å². The standard InChI is InChI=1S/C22H23N3O4S3/c1-16-21(31-22(27)23-16)32(28,29)25-14-12-24(13-15-25)20(26)19(17-8-4-2-5-9-17)30-18-10-6-3-7-11-18/h2-11,19H,12-15H2,1H3,(H,23,27). The summed E-state index contributed by atoms with van der Waals surface area (Å²) in [5.41, 5.74) is 1.26. The van der Waals surface area contributed by atoms with Crippen LogP contribution in [0.25, 0.3) is 0 Å². The van der Waals surface area contributed by atoms with E-state index in [9.17, 15) is 18.0 Å². The van der Waals surface area contributed by atoms with Gasteiger partial charge in [0.15, 0.2) is 4.21 Å². The molecule has 2 aromatic carbocycles. The van der Waals surface area contributed by atoms with Gasteiger partial charge in [-0.2, -0.15) is 4.31 Å². The Morgan fingerprint density at radius 2 is 1.59 bits per heavy atom. The van der Waals surface area contributed by atoms with Gasteiger partial charge in [-0.15, -0.1) is 11.8 Å². The Morgan fingerprint density at radius 1 is 1.00 bits per heavy atom. The van der Waals surface area contributed by atoms with Crippen LogP contribution in [0.1, 0.15) is 16.5 Å². The fourth-order valence-electron chi connectivity index (χ4n) is 3.59. The van der Waals surface area contributed by atoms with Crippen molar-refractivity contribution in [2.45, 2.75) is 21.3 Å². The number of piperazine rings is 1. The molecular formula is C22H23N3O4S3. The minimum atomic E-state index is -3.76. The molecule has 1 unspecified atom stereocenters. The summed E-state index contributed by atoms with van der Waals surface area (Å²) in [7, 11) is -3.76. The topological polar surface area (TPSA) is 90.5 Å². The molecule has 1 aromatic heterocycles. The Bertz CT molecular complexity index is 1230. The number of aryl methyl sites for hydroxylation is 1. The molecule has 1 aliphatic heterocycles. The van der Waals surface area contributed by atoms with Gasteiger partial charge >= 0.3 is 4.87 Å². The van der Waals surface area contributed by atoms with Crippen LogP contribution in [0, 0.1) is 6.92 Å². The molecule has 1 aliphatic rings. The molecule has 4 rings (SSSR count). The highest BCUT2D eigenvalue weighted by Gasteiger charge is 2.35. The Hall–Kier alpha value is -2.40. The van der Waals surface area contributed by atoms with Crippen LogP contribution in [0.2, 0.25) is 0 Å². The van der Waals surface area contributed by atoms with Gasteiger partial charge in [0.2, 0.25) is 5.91 Å². The lowest BCUT2D eigenvalue weighted by molar-refractivity contribution is -0.131. The number of sulfonamides is 1. The highest BCUT2D eigenvalue weighted by Crippen LogP contribution is 2.37. The number of hydrogen-bond donors (Lipinski definition) is 1. The van der Waals surface area contributed by atoms with Crippen LogP contribution >= 0.6 is 23.1 Å². The van der Waals surface area contributed by atoms with Crippen molar-refractivity contribution >= 4 is 39.0 Å². The number of hydrogen-bond acceptors (Lipinski definition) is 6. The van der Waals surface area contributed by atoms with Gasteiger partial charge in [0.05, 0.1) is 0 Å². The number of rotatable bonds is 6. The Kier molecular flexibility index (Phi) is 6.85. The van der Waals surface area contributed by atoms with Crippen molar-refractivity contribution in [2.24, 2.45) is 0 Å². The first-order valence-corrected chi connectivity index (χ1v) is 13.2. The van der Waals surface area contributed by atoms with E-state index in [1.165, 1.54) is 16.1 Å². The number of nitrogens with one attached hydrogen (secondary N) is 1. The molecule has 0 aliphatic carbocycles. The fraction of sp³-hybridized carbons (Fsp3) is 0.273. The van der Waals surface area contributed by atoms with E-state index in [0.29, 0.717) is 30.1 Å². The number of nitrogens with zero attached hydrogens (tertiary/aromatic N) is 2. The fourth-order valence-corrected chi connectivity index (χ4v) is 7.58. The number of benzene rings is 2. The summed E-state index contributed by atoms with van der Waals surface area (Å²) in [5.74, 6) is -0.0374. The molecule has 1 fully saturated rings. The second kappa shape index (κ2) is 9.62. The lowest BCUT2D eigenvalue weighted by Gasteiger charge is -2.35. The van der Waals surface area contributed by atoms with Crippen LogP contribution in [-0.4, -0.2) is 54.7 Å². The number of aromatic amines is 1. The second-order valence-electron chi connectivity index (χ2n) is 7.38. The maximum Gasteiger partial charge on any atom is 0.305 e. The van der Waals surface area contributed by atoms with Crippen LogP contribution in [0.4, 0.5) is 0 Å². The van der Waals surface area contributed by atoms with E-state index < -0.39 is 20.1 Å². The smallest absolute Gasteiger partial charge is 0.305 e. The monoisotopic (exact) mass is 489 g/mol. The van der Waals surface area contributed by atoms with Gasteiger partial charge in [-0.25, -0.2) is 8.42 Å². The van der Waals surface area contributed by atoms with E-state index in [1.54, 1.807) is 11.8 Å². The molecule has 168 valence electrons. The first kappa shape index (κ1) is 22.8. The molecule has 0 radical (unpaired) electrons. The Labute approximate surface area is 195 Å². The van der Waals surface area contributed by atoms with Crippen molar-refractivity contribution in [1.29, 1.82) is 0 Å². The van der Waals surface area contributed by atoms with Gasteiger partial charge < -0.3 is 9.88 Å². The molecule has 32 heavy (non-hydrogen) atoms. The summed E-state index contributed by atoms with van der Waals surface area (Å²) in [4.78, 5) is 29.9. The van der Waals surface area contributed by atoms with Crippen LogP contribution < -0.4 is 4.87 Å². The maximum atomic E-state index is 13.5. The average molecular weight is 490 g/mol. The van der Waals surface area contributed by atoms with Crippen LogP contribution in [0.5, 0.6) is 0 Å². The zero-order chi connectivity index (χ0) is 22.7. The third-order valence-electron chi connectivity index (χ3n) is 5.23. The summed E-state index contributed by atoms with van der Waals surface area (Å²) in [6.07, 6.45) is 0.